The number of hydrogen-bond donors (Lipinski definition) is 1. The molecule has 1 amide bonds. The smallest absolute Gasteiger partial charge is 0.343 e. The standard InChI is InChI=1S/C22H21BrN2O5S/c1-4-13-5-7-15(8-6-13)24-22-25-21(27)18(31-22)11-14-9-16(23)20(17(10-14)28-2)30-12-19(26)29-3/h5-11H,4,12H2,1-3H3,(H,24,25,27)/b18-11-. The molecule has 2 aromatic rings. The van der Waals surface area contributed by atoms with Gasteiger partial charge >= 0.3 is 5.97 Å². The zero-order valence-corrected chi connectivity index (χ0v) is 19.6. The van der Waals surface area contributed by atoms with Gasteiger partial charge in [0.1, 0.15) is 0 Å². The molecule has 1 fully saturated rings. The number of rotatable bonds is 7. The number of ether oxygens (including phenoxy) is 3. The number of hydrogen-bond acceptors (Lipinski definition) is 7. The number of methoxy groups -OCH3 is 2. The van der Waals surface area contributed by atoms with Crippen LogP contribution in [-0.2, 0) is 20.7 Å². The number of carbonyl (C=O) groups is 2. The third-order valence-electron chi connectivity index (χ3n) is 4.34. The van der Waals surface area contributed by atoms with Crippen LogP contribution in [0.25, 0.3) is 6.08 Å². The molecule has 1 N–H and O–H groups in total. The first kappa shape index (κ1) is 22.9. The second kappa shape index (κ2) is 10.5. The van der Waals surface area contributed by atoms with Crippen molar-refractivity contribution in [1.82, 2.24) is 5.32 Å². The molecule has 0 spiro atoms. The lowest BCUT2D eigenvalue weighted by molar-refractivity contribution is -0.142. The Morgan fingerprint density at radius 2 is 1.97 bits per heavy atom. The number of nitrogens with one attached hydrogen (secondary N) is 1. The number of amides is 1. The molecule has 0 atom stereocenters. The molecule has 0 unspecified atom stereocenters. The average Bonchev–Trinajstić information content (AvgIpc) is 3.11. The van der Waals surface area contributed by atoms with Crippen LogP contribution in [0.15, 0.2) is 50.8 Å². The quantitative estimate of drug-likeness (QED) is 0.442. The molecule has 1 aliphatic rings. The number of thioether (sulfide) groups is 1. The Labute approximate surface area is 193 Å². The molecule has 0 radical (unpaired) electrons. The molecule has 3 rings (SSSR count). The van der Waals surface area contributed by atoms with Crippen molar-refractivity contribution >= 4 is 56.5 Å². The normalized spacial score (nSPS) is 15.8. The van der Waals surface area contributed by atoms with E-state index in [1.807, 2.05) is 24.3 Å². The molecule has 0 bridgehead atoms. The van der Waals surface area contributed by atoms with Crippen LogP contribution < -0.4 is 14.8 Å². The van der Waals surface area contributed by atoms with Gasteiger partial charge in [0.25, 0.3) is 5.91 Å². The Morgan fingerprint density at radius 1 is 1.23 bits per heavy atom. The summed E-state index contributed by atoms with van der Waals surface area (Å²) < 4.78 is 16.0. The topological polar surface area (TPSA) is 86.2 Å². The summed E-state index contributed by atoms with van der Waals surface area (Å²) in [7, 11) is 2.78. The second-order valence-electron chi connectivity index (χ2n) is 6.40. The van der Waals surface area contributed by atoms with Crippen LogP contribution in [0.4, 0.5) is 5.69 Å². The molecule has 0 aromatic heterocycles. The van der Waals surface area contributed by atoms with Crippen molar-refractivity contribution < 1.29 is 23.8 Å². The Balaban J connectivity index is 1.80. The van der Waals surface area contributed by atoms with Crippen molar-refractivity contribution in [3.05, 3.63) is 56.9 Å². The first-order chi connectivity index (χ1) is 14.9. The third kappa shape index (κ3) is 5.89. The van der Waals surface area contributed by atoms with Gasteiger partial charge in [0.05, 0.1) is 29.3 Å². The fourth-order valence-electron chi connectivity index (χ4n) is 2.71. The summed E-state index contributed by atoms with van der Waals surface area (Å²) >= 11 is 4.69. The van der Waals surface area contributed by atoms with Gasteiger partial charge in [-0.15, -0.1) is 0 Å². The lowest BCUT2D eigenvalue weighted by atomic mass is 10.2. The van der Waals surface area contributed by atoms with Crippen molar-refractivity contribution in [3.63, 3.8) is 0 Å². The fraction of sp³-hybridized carbons (Fsp3) is 0.227. The zero-order chi connectivity index (χ0) is 22.4. The van der Waals surface area contributed by atoms with Gasteiger partial charge in [-0.05, 0) is 75.6 Å². The van der Waals surface area contributed by atoms with E-state index in [-0.39, 0.29) is 12.5 Å². The first-order valence-corrected chi connectivity index (χ1v) is 11.0. The van der Waals surface area contributed by atoms with E-state index in [1.165, 1.54) is 31.5 Å². The highest BCUT2D eigenvalue weighted by atomic mass is 79.9. The summed E-state index contributed by atoms with van der Waals surface area (Å²) in [6.07, 6.45) is 2.70. The van der Waals surface area contributed by atoms with Gasteiger partial charge in [-0.3, -0.25) is 4.79 Å². The van der Waals surface area contributed by atoms with E-state index >= 15 is 0 Å². The Morgan fingerprint density at radius 3 is 2.61 bits per heavy atom. The lowest BCUT2D eigenvalue weighted by Gasteiger charge is -2.12. The van der Waals surface area contributed by atoms with E-state index in [0.717, 1.165) is 17.7 Å². The van der Waals surface area contributed by atoms with Gasteiger partial charge in [-0.2, -0.15) is 0 Å². The second-order valence-corrected chi connectivity index (χ2v) is 8.29. The summed E-state index contributed by atoms with van der Waals surface area (Å²) in [5.74, 6) is 0.0557. The fourth-order valence-corrected chi connectivity index (χ4v) is 4.12. The molecule has 1 heterocycles. The summed E-state index contributed by atoms with van der Waals surface area (Å²) in [6, 6.07) is 11.4. The lowest BCUT2D eigenvalue weighted by Crippen LogP contribution is -2.19. The molecule has 2 aromatic carbocycles. The monoisotopic (exact) mass is 504 g/mol. The molecular formula is C22H21BrN2O5S. The van der Waals surface area contributed by atoms with Gasteiger partial charge in [-0.25, -0.2) is 9.79 Å². The molecule has 1 aliphatic heterocycles. The van der Waals surface area contributed by atoms with E-state index in [4.69, 9.17) is 9.47 Å². The third-order valence-corrected chi connectivity index (χ3v) is 5.84. The van der Waals surface area contributed by atoms with Gasteiger partial charge in [0.2, 0.25) is 0 Å². The van der Waals surface area contributed by atoms with Crippen molar-refractivity contribution in [3.8, 4) is 11.5 Å². The predicted molar refractivity (Wildman–Crippen MR) is 125 cm³/mol. The maximum absolute atomic E-state index is 12.4. The van der Waals surface area contributed by atoms with Crippen molar-refractivity contribution in [2.45, 2.75) is 13.3 Å². The van der Waals surface area contributed by atoms with Crippen LogP contribution in [0.2, 0.25) is 0 Å². The Hall–Kier alpha value is -2.78. The van der Waals surface area contributed by atoms with E-state index in [1.54, 1.807) is 18.2 Å². The highest BCUT2D eigenvalue weighted by Gasteiger charge is 2.24. The van der Waals surface area contributed by atoms with Crippen LogP contribution in [0.1, 0.15) is 18.1 Å². The Kier molecular flexibility index (Phi) is 7.75. The zero-order valence-electron chi connectivity index (χ0n) is 17.2. The molecule has 7 nitrogen and oxygen atoms in total. The van der Waals surface area contributed by atoms with Crippen molar-refractivity contribution in [2.24, 2.45) is 4.99 Å². The molecule has 1 saturated heterocycles. The minimum absolute atomic E-state index is 0.227. The van der Waals surface area contributed by atoms with Gasteiger partial charge < -0.3 is 19.5 Å². The van der Waals surface area contributed by atoms with Gasteiger partial charge in [0.15, 0.2) is 23.3 Å². The largest absolute Gasteiger partial charge is 0.493 e. The van der Waals surface area contributed by atoms with Gasteiger partial charge in [0, 0.05) is 0 Å². The van der Waals surface area contributed by atoms with Crippen LogP contribution in [0, 0.1) is 0 Å². The van der Waals surface area contributed by atoms with Crippen LogP contribution in [-0.4, -0.2) is 37.9 Å². The number of halogens is 1. The molecular weight excluding hydrogens is 484 g/mol. The minimum atomic E-state index is -0.504. The summed E-state index contributed by atoms with van der Waals surface area (Å²) in [5.41, 5.74) is 2.73. The maximum Gasteiger partial charge on any atom is 0.343 e. The summed E-state index contributed by atoms with van der Waals surface area (Å²) in [6.45, 7) is 1.85. The van der Waals surface area contributed by atoms with Crippen molar-refractivity contribution in [2.75, 3.05) is 20.8 Å². The molecule has 0 saturated carbocycles. The molecule has 31 heavy (non-hydrogen) atoms. The van der Waals surface area contributed by atoms with E-state index in [2.05, 4.69) is 37.9 Å². The van der Waals surface area contributed by atoms with Crippen molar-refractivity contribution in [1.29, 1.82) is 0 Å². The van der Waals surface area contributed by atoms with Gasteiger partial charge in [-0.1, -0.05) is 19.1 Å². The van der Waals surface area contributed by atoms with E-state index < -0.39 is 5.97 Å². The van der Waals surface area contributed by atoms with Crippen LogP contribution >= 0.6 is 27.7 Å². The van der Waals surface area contributed by atoms with Crippen LogP contribution in [0.5, 0.6) is 11.5 Å². The SMILES string of the molecule is CCc1ccc(N=C2NC(=O)/C(=C/c3cc(Br)c(OCC(=O)OC)c(OC)c3)S2)cc1. The van der Waals surface area contributed by atoms with E-state index in [9.17, 15) is 9.59 Å². The maximum atomic E-state index is 12.4. The molecule has 9 heteroatoms. The number of amidine groups is 1. The minimum Gasteiger partial charge on any atom is -0.493 e. The van der Waals surface area contributed by atoms with E-state index in [0.29, 0.717) is 26.0 Å². The highest BCUT2D eigenvalue weighted by molar-refractivity contribution is 9.10. The number of esters is 1. The van der Waals surface area contributed by atoms with Crippen LogP contribution in [0.3, 0.4) is 0 Å². The number of carbonyl (C=O) groups excluding carboxylic acids is 2. The summed E-state index contributed by atoms with van der Waals surface area (Å²) in [4.78, 5) is 28.7. The first-order valence-electron chi connectivity index (χ1n) is 9.39. The summed E-state index contributed by atoms with van der Waals surface area (Å²) in [5, 5.41) is 3.30. The number of aliphatic imine (C=N–C) groups is 1. The Bertz CT molecular complexity index is 1050. The number of nitrogens with zero attached hydrogens (tertiary/aromatic N) is 1. The average molecular weight is 505 g/mol. The highest BCUT2D eigenvalue weighted by Crippen LogP contribution is 2.38. The number of aryl methyl sites for hydroxylation is 1. The molecule has 0 aliphatic carbocycles. The predicted octanol–water partition coefficient (Wildman–Crippen LogP) is 4.46. The molecule has 162 valence electrons. The number of benzene rings is 2.